The molecule has 3 aliphatic heterocycles. The Morgan fingerprint density at radius 3 is 1.78 bits per heavy atom. The van der Waals surface area contributed by atoms with E-state index in [2.05, 4.69) is 15.0 Å². The van der Waals surface area contributed by atoms with E-state index in [1.807, 2.05) is 6.92 Å². The van der Waals surface area contributed by atoms with Crippen LogP contribution in [0, 0.1) is 0 Å². The van der Waals surface area contributed by atoms with E-state index in [0.29, 0.717) is 44.9 Å². The highest BCUT2D eigenvalue weighted by atomic mass is 16.3. The fraction of sp³-hybridized carbons (Fsp3) is 0.750. The molecule has 5 atom stereocenters. The van der Waals surface area contributed by atoms with Crippen LogP contribution in [0.5, 0.6) is 0 Å². The molecule has 12 heteroatoms. The quantitative estimate of drug-likeness (QED) is 0.212. The van der Waals surface area contributed by atoms with Crippen molar-refractivity contribution in [3.05, 3.63) is 0 Å². The minimum atomic E-state index is -1.17. The van der Waals surface area contributed by atoms with E-state index in [4.69, 9.17) is 0 Å². The third-order valence-electron chi connectivity index (χ3n) is 7.71. The van der Waals surface area contributed by atoms with Crippen LogP contribution in [0.2, 0.25) is 0 Å². The van der Waals surface area contributed by atoms with Crippen molar-refractivity contribution >= 4 is 36.3 Å². The summed E-state index contributed by atoms with van der Waals surface area (Å²) < 4.78 is -1.77. The molecule has 3 aliphatic rings. The summed E-state index contributed by atoms with van der Waals surface area (Å²) in [5.74, 6) is 0. The number of aliphatic imine (C=N–C) groups is 3. The van der Waals surface area contributed by atoms with Gasteiger partial charge in [0.15, 0.2) is 6.17 Å². The molecule has 0 bridgehead atoms. The topological polar surface area (TPSA) is 143 Å². The predicted molar refractivity (Wildman–Crippen MR) is 125 cm³/mol. The van der Waals surface area contributed by atoms with Gasteiger partial charge in [-0.05, 0) is 51.4 Å². The number of carbonyl (C=O) groups is 3. The second-order valence-corrected chi connectivity index (χ2v) is 9.70. The molecule has 2 spiro atoms. The first-order valence-electron chi connectivity index (χ1n) is 12.9. The minimum absolute atomic E-state index is 0.0291. The Kier molecular flexibility index (Phi) is 9.31. The first-order chi connectivity index (χ1) is 17.4. The van der Waals surface area contributed by atoms with Crippen molar-refractivity contribution in [1.82, 2.24) is 4.90 Å². The van der Waals surface area contributed by atoms with Gasteiger partial charge in [0, 0.05) is 12.8 Å². The summed E-state index contributed by atoms with van der Waals surface area (Å²) in [4.78, 5) is 89.8. The van der Waals surface area contributed by atoms with Crippen molar-refractivity contribution in [3.63, 3.8) is 0 Å². The number of hydrogen-bond acceptors (Lipinski definition) is 9. The molecule has 0 aromatic heterocycles. The summed E-state index contributed by atoms with van der Waals surface area (Å²) in [6.07, 6.45) is 7.86. The maximum atomic E-state index is 14.6. The highest BCUT2D eigenvalue weighted by Gasteiger charge is 2.75. The van der Waals surface area contributed by atoms with Crippen LogP contribution < -0.4 is 0 Å². The number of nitrogens with zero attached hydrogens (tertiary/aromatic N) is 6. The molecule has 0 aromatic carbocycles. The molecule has 5 unspecified atom stereocenters. The fourth-order valence-electron chi connectivity index (χ4n) is 5.90. The lowest BCUT2D eigenvalue weighted by Gasteiger charge is -2.49. The summed E-state index contributed by atoms with van der Waals surface area (Å²) in [5.41, 5.74) is 0. The SMILES string of the molecule is CCCCCC(N=C=O)N1C(=O)[N+]2(CCCCCC2N=C=O)C(=O)[N+]2(CCCCCC2N=C=O)C1=O. The van der Waals surface area contributed by atoms with Crippen LogP contribution in [0.25, 0.3) is 0 Å². The number of carbonyl (C=O) groups excluding carboxylic acids is 6. The second-order valence-electron chi connectivity index (χ2n) is 9.70. The lowest BCUT2D eigenvalue weighted by molar-refractivity contribution is -0.933. The van der Waals surface area contributed by atoms with Crippen LogP contribution in [-0.4, -0.2) is 81.8 Å². The Bertz CT molecular complexity index is 953. The summed E-state index contributed by atoms with van der Waals surface area (Å²) in [7, 11) is 0. The van der Waals surface area contributed by atoms with Crippen LogP contribution in [0.1, 0.15) is 84.0 Å². The Morgan fingerprint density at radius 2 is 1.33 bits per heavy atom. The zero-order valence-electron chi connectivity index (χ0n) is 20.8. The van der Waals surface area contributed by atoms with Gasteiger partial charge in [-0.15, -0.1) is 19.0 Å². The molecule has 3 heterocycles. The van der Waals surface area contributed by atoms with Crippen LogP contribution in [0.3, 0.4) is 0 Å². The standard InChI is InChI=1S/C24H34N6O6/c1-2-3-6-11-19(25-16-31)28-22(34)29(14-9-4-7-12-20(29)26-17-32)24(36)30(23(28)35)15-10-5-8-13-21(30)27-18-33/h19-21H,2-15H2,1H3/q+2. The predicted octanol–water partition coefficient (Wildman–Crippen LogP) is 4.01. The van der Waals surface area contributed by atoms with Crippen molar-refractivity contribution < 1.29 is 37.7 Å². The molecule has 0 radical (unpaired) electrons. The number of unbranched alkanes of at least 4 members (excludes halogenated alkanes) is 2. The fourth-order valence-corrected chi connectivity index (χ4v) is 5.90. The zero-order chi connectivity index (χ0) is 26.2. The highest BCUT2D eigenvalue weighted by Crippen LogP contribution is 2.42. The molecule has 12 nitrogen and oxygen atoms in total. The first-order valence-corrected chi connectivity index (χ1v) is 12.9. The molecule has 194 valence electrons. The van der Waals surface area contributed by atoms with Crippen molar-refractivity contribution in [2.75, 3.05) is 13.1 Å². The van der Waals surface area contributed by atoms with E-state index >= 15 is 0 Å². The van der Waals surface area contributed by atoms with Gasteiger partial charge in [0.1, 0.15) is 13.1 Å². The second kappa shape index (κ2) is 12.2. The van der Waals surface area contributed by atoms with Gasteiger partial charge in [-0.2, -0.15) is 14.7 Å². The van der Waals surface area contributed by atoms with Gasteiger partial charge in [-0.25, -0.2) is 24.0 Å². The Hall–Kier alpha value is -3.13. The average molecular weight is 503 g/mol. The molecule has 36 heavy (non-hydrogen) atoms. The maximum absolute atomic E-state index is 14.6. The largest absolute Gasteiger partial charge is 0.536 e. The zero-order valence-corrected chi connectivity index (χ0v) is 20.8. The lowest BCUT2D eigenvalue weighted by Crippen LogP contribution is -2.84. The Morgan fingerprint density at radius 1 is 0.806 bits per heavy atom. The lowest BCUT2D eigenvalue weighted by atomic mass is 10.1. The monoisotopic (exact) mass is 502 g/mol. The van der Waals surface area contributed by atoms with Crippen molar-refractivity contribution in [2.24, 2.45) is 15.0 Å². The molecule has 3 fully saturated rings. The number of isocyanates is 3. The molecular formula is C24H34N6O6+2. The van der Waals surface area contributed by atoms with Gasteiger partial charge in [0.05, 0.1) is 0 Å². The number of amides is 6. The molecule has 0 aliphatic carbocycles. The molecule has 0 saturated carbocycles. The highest BCUT2D eigenvalue weighted by molar-refractivity contribution is 6.00. The van der Waals surface area contributed by atoms with E-state index in [-0.39, 0.29) is 32.4 Å². The molecule has 3 saturated heterocycles. The first kappa shape index (κ1) is 27.5. The van der Waals surface area contributed by atoms with Gasteiger partial charge in [0.2, 0.25) is 30.6 Å². The van der Waals surface area contributed by atoms with Crippen molar-refractivity contribution in [1.29, 1.82) is 0 Å². The van der Waals surface area contributed by atoms with Crippen molar-refractivity contribution in [2.45, 2.75) is 102 Å². The van der Waals surface area contributed by atoms with E-state index in [0.717, 1.165) is 17.7 Å². The molecule has 3 rings (SSSR count). The Balaban J connectivity index is 2.30. The van der Waals surface area contributed by atoms with E-state index in [1.165, 1.54) is 18.2 Å². The smallest absolute Gasteiger partial charge is 0.211 e. The van der Waals surface area contributed by atoms with E-state index in [9.17, 15) is 28.8 Å². The molecule has 0 aromatic rings. The van der Waals surface area contributed by atoms with Crippen LogP contribution in [0.4, 0.5) is 14.4 Å². The van der Waals surface area contributed by atoms with Crippen LogP contribution in [0.15, 0.2) is 15.0 Å². The van der Waals surface area contributed by atoms with Crippen LogP contribution in [-0.2, 0) is 14.4 Å². The summed E-state index contributed by atoms with van der Waals surface area (Å²) >= 11 is 0. The van der Waals surface area contributed by atoms with Crippen LogP contribution >= 0.6 is 0 Å². The number of rotatable bonds is 8. The van der Waals surface area contributed by atoms with Crippen molar-refractivity contribution in [3.8, 4) is 0 Å². The van der Waals surface area contributed by atoms with Gasteiger partial charge >= 0.3 is 18.1 Å². The normalized spacial score (nSPS) is 31.6. The van der Waals surface area contributed by atoms with E-state index in [1.54, 1.807) is 0 Å². The van der Waals surface area contributed by atoms with Gasteiger partial charge < -0.3 is 0 Å². The molecular weight excluding hydrogens is 468 g/mol. The molecule has 6 amide bonds. The third kappa shape index (κ3) is 4.66. The number of imide groups is 3. The number of quaternary nitrogens is 2. The maximum Gasteiger partial charge on any atom is 0.536 e. The average Bonchev–Trinajstić information content (AvgIpc) is 3.21. The van der Waals surface area contributed by atoms with Gasteiger partial charge in [-0.3, -0.25) is 0 Å². The summed E-state index contributed by atoms with van der Waals surface area (Å²) in [6, 6.07) is -2.43. The number of urea groups is 3. The van der Waals surface area contributed by atoms with Gasteiger partial charge in [-0.1, -0.05) is 19.8 Å². The molecule has 0 N–H and O–H groups in total. The van der Waals surface area contributed by atoms with Gasteiger partial charge in [0.25, 0.3) is 0 Å². The minimum Gasteiger partial charge on any atom is -0.211 e. The van der Waals surface area contributed by atoms with E-state index < -0.39 is 45.6 Å². The Labute approximate surface area is 209 Å². The third-order valence-corrected chi connectivity index (χ3v) is 7.71. The summed E-state index contributed by atoms with van der Waals surface area (Å²) in [5, 5.41) is 0. The number of hydrogen-bond donors (Lipinski definition) is 0. The summed E-state index contributed by atoms with van der Waals surface area (Å²) in [6.45, 7) is 2.05.